The molecule has 1 heterocycles. The van der Waals surface area contributed by atoms with Gasteiger partial charge in [0, 0.05) is 12.6 Å². The van der Waals surface area contributed by atoms with E-state index in [-0.39, 0.29) is 0 Å². The number of nitrogens with one attached hydrogen (secondary N) is 1. The van der Waals surface area contributed by atoms with Crippen LogP contribution in [0.25, 0.3) is 0 Å². The summed E-state index contributed by atoms with van der Waals surface area (Å²) in [7, 11) is 1.62. The summed E-state index contributed by atoms with van der Waals surface area (Å²) < 4.78 is 11.0. The smallest absolute Gasteiger partial charge is 0.169 e. The molecule has 0 aliphatic rings. The summed E-state index contributed by atoms with van der Waals surface area (Å²) in [6.45, 7) is 3.04. The van der Waals surface area contributed by atoms with Crippen molar-refractivity contribution in [3.8, 4) is 17.2 Å². The van der Waals surface area contributed by atoms with Gasteiger partial charge in [-0.25, -0.2) is 0 Å². The third kappa shape index (κ3) is 3.61. The van der Waals surface area contributed by atoms with Gasteiger partial charge in [-0.05, 0) is 18.6 Å². The Morgan fingerprint density at radius 2 is 1.95 bits per heavy atom. The molecule has 0 amide bonds. The highest BCUT2D eigenvalue weighted by Crippen LogP contribution is 2.31. The van der Waals surface area contributed by atoms with Crippen LogP contribution in [0.3, 0.4) is 0 Å². The van der Waals surface area contributed by atoms with Crippen molar-refractivity contribution in [2.75, 3.05) is 19.0 Å². The minimum atomic E-state index is 0.680. The zero-order chi connectivity index (χ0) is 13.5. The minimum Gasteiger partial charge on any atom is -0.493 e. The molecule has 0 fully saturated rings. The Morgan fingerprint density at radius 3 is 2.68 bits per heavy atom. The van der Waals surface area contributed by atoms with Crippen molar-refractivity contribution in [2.45, 2.75) is 13.3 Å². The van der Waals surface area contributed by atoms with Crippen LogP contribution in [-0.2, 0) is 0 Å². The van der Waals surface area contributed by atoms with E-state index in [0.29, 0.717) is 17.2 Å². The van der Waals surface area contributed by atoms with Crippen LogP contribution >= 0.6 is 0 Å². The maximum atomic E-state index is 5.79. The molecule has 2 rings (SSSR count). The molecule has 0 aliphatic carbocycles. The van der Waals surface area contributed by atoms with Crippen LogP contribution in [0.4, 0.5) is 5.69 Å². The largest absolute Gasteiger partial charge is 0.493 e. The number of benzene rings is 1. The Labute approximate surface area is 113 Å². The molecule has 1 N–H and O–H groups in total. The fourth-order valence-electron chi connectivity index (χ4n) is 1.67. The Balaban J connectivity index is 2.14. The molecule has 1 aromatic heterocycles. The van der Waals surface area contributed by atoms with Crippen molar-refractivity contribution in [2.24, 2.45) is 0 Å². The highest BCUT2D eigenvalue weighted by Gasteiger charge is 2.05. The van der Waals surface area contributed by atoms with E-state index in [4.69, 9.17) is 9.47 Å². The lowest BCUT2D eigenvalue weighted by atomic mass is 10.3. The molecule has 4 heteroatoms. The Kier molecular flexibility index (Phi) is 4.61. The molecule has 0 unspecified atom stereocenters. The lowest BCUT2D eigenvalue weighted by Crippen LogP contribution is -2.00. The maximum Gasteiger partial charge on any atom is 0.169 e. The number of hydrogen-bond donors (Lipinski definition) is 1. The first-order valence-electron chi connectivity index (χ1n) is 6.33. The number of nitrogens with zero attached hydrogens (tertiary/aromatic N) is 1. The van der Waals surface area contributed by atoms with Crippen LogP contribution in [0.15, 0.2) is 42.7 Å². The molecule has 0 radical (unpaired) electrons. The van der Waals surface area contributed by atoms with Gasteiger partial charge in [0.1, 0.15) is 5.75 Å². The summed E-state index contributed by atoms with van der Waals surface area (Å²) in [5.74, 6) is 2.07. The number of aromatic nitrogens is 1. The van der Waals surface area contributed by atoms with Gasteiger partial charge in [0.15, 0.2) is 11.5 Å². The predicted octanol–water partition coefficient (Wildman–Crippen LogP) is 3.70. The van der Waals surface area contributed by atoms with E-state index in [1.807, 2.05) is 30.3 Å². The van der Waals surface area contributed by atoms with Crippen LogP contribution in [0, 0.1) is 0 Å². The summed E-state index contributed by atoms with van der Waals surface area (Å²) in [6, 6.07) is 9.47. The van der Waals surface area contributed by atoms with E-state index in [9.17, 15) is 0 Å². The van der Waals surface area contributed by atoms with E-state index in [1.165, 1.54) is 0 Å². The van der Waals surface area contributed by atoms with Crippen molar-refractivity contribution in [1.82, 2.24) is 4.98 Å². The Morgan fingerprint density at radius 1 is 1.16 bits per heavy atom. The molecule has 0 bridgehead atoms. The van der Waals surface area contributed by atoms with Gasteiger partial charge >= 0.3 is 0 Å². The average molecular weight is 258 g/mol. The lowest BCUT2D eigenvalue weighted by molar-refractivity contribution is 0.378. The van der Waals surface area contributed by atoms with E-state index in [0.717, 1.165) is 18.7 Å². The number of anilines is 1. The number of pyridine rings is 1. The van der Waals surface area contributed by atoms with Gasteiger partial charge in [0.2, 0.25) is 0 Å². The molecule has 4 nitrogen and oxygen atoms in total. The highest BCUT2D eigenvalue weighted by molar-refractivity contribution is 5.48. The highest BCUT2D eigenvalue weighted by atomic mass is 16.5. The van der Waals surface area contributed by atoms with Gasteiger partial charge < -0.3 is 14.8 Å². The molecule has 0 saturated heterocycles. The summed E-state index contributed by atoms with van der Waals surface area (Å²) in [4.78, 5) is 4.16. The van der Waals surface area contributed by atoms with E-state index in [1.54, 1.807) is 19.5 Å². The third-order valence-corrected chi connectivity index (χ3v) is 2.59. The molecule has 2 aromatic rings. The molecule has 0 saturated carbocycles. The lowest BCUT2D eigenvalue weighted by Gasteiger charge is -2.11. The van der Waals surface area contributed by atoms with Crippen LogP contribution in [0.5, 0.6) is 17.2 Å². The molecule has 0 aliphatic heterocycles. The zero-order valence-corrected chi connectivity index (χ0v) is 11.2. The molecule has 1 aromatic carbocycles. The number of rotatable bonds is 6. The topological polar surface area (TPSA) is 43.4 Å². The first-order valence-corrected chi connectivity index (χ1v) is 6.33. The number of ether oxygens (including phenoxy) is 2. The van der Waals surface area contributed by atoms with Crippen LogP contribution in [0.2, 0.25) is 0 Å². The molecule has 100 valence electrons. The SMILES string of the molecule is CCCNc1cncc(Oc2ccccc2OC)c1. The second kappa shape index (κ2) is 6.64. The van der Waals surface area contributed by atoms with Crippen LogP contribution in [-0.4, -0.2) is 18.6 Å². The van der Waals surface area contributed by atoms with Gasteiger partial charge in [-0.1, -0.05) is 19.1 Å². The van der Waals surface area contributed by atoms with Gasteiger partial charge in [-0.2, -0.15) is 0 Å². The monoisotopic (exact) mass is 258 g/mol. The normalized spacial score (nSPS) is 10.0. The summed E-state index contributed by atoms with van der Waals surface area (Å²) in [5, 5.41) is 3.28. The predicted molar refractivity (Wildman–Crippen MR) is 76.1 cm³/mol. The number of para-hydroxylation sites is 2. The van der Waals surface area contributed by atoms with Crippen molar-refractivity contribution in [3.05, 3.63) is 42.7 Å². The summed E-state index contributed by atoms with van der Waals surface area (Å²) in [5.41, 5.74) is 0.953. The maximum absolute atomic E-state index is 5.79. The van der Waals surface area contributed by atoms with Gasteiger partial charge in [-0.3, -0.25) is 4.98 Å². The molecular formula is C15H18N2O2. The molecule has 0 spiro atoms. The number of hydrogen-bond acceptors (Lipinski definition) is 4. The zero-order valence-electron chi connectivity index (χ0n) is 11.2. The van der Waals surface area contributed by atoms with E-state index in [2.05, 4.69) is 17.2 Å². The summed E-state index contributed by atoms with van der Waals surface area (Å²) in [6.07, 6.45) is 4.53. The Bertz CT molecular complexity index is 529. The van der Waals surface area contributed by atoms with Crippen molar-refractivity contribution >= 4 is 5.69 Å². The second-order valence-corrected chi connectivity index (χ2v) is 4.09. The number of methoxy groups -OCH3 is 1. The van der Waals surface area contributed by atoms with Gasteiger partial charge in [0.25, 0.3) is 0 Å². The van der Waals surface area contributed by atoms with Crippen molar-refractivity contribution in [1.29, 1.82) is 0 Å². The van der Waals surface area contributed by atoms with Gasteiger partial charge in [0.05, 0.1) is 25.2 Å². The standard InChI is InChI=1S/C15H18N2O2/c1-3-8-17-12-9-13(11-16-10-12)19-15-7-5-4-6-14(15)18-2/h4-7,9-11,17H,3,8H2,1-2H3. The first-order chi connectivity index (χ1) is 9.33. The summed E-state index contributed by atoms with van der Waals surface area (Å²) >= 11 is 0. The molecule has 0 atom stereocenters. The average Bonchev–Trinajstić information content (AvgIpc) is 2.46. The van der Waals surface area contributed by atoms with Gasteiger partial charge in [-0.15, -0.1) is 0 Å². The first kappa shape index (κ1) is 13.2. The van der Waals surface area contributed by atoms with Crippen molar-refractivity contribution < 1.29 is 9.47 Å². The molecular weight excluding hydrogens is 240 g/mol. The van der Waals surface area contributed by atoms with E-state index >= 15 is 0 Å². The van der Waals surface area contributed by atoms with E-state index < -0.39 is 0 Å². The fourth-order valence-corrected chi connectivity index (χ4v) is 1.67. The fraction of sp³-hybridized carbons (Fsp3) is 0.267. The van der Waals surface area contributed by atoms with Crippen LogP contribution < -0.4 is 14.8 Å². The Hall–Kier alpha value is -2.23. The van der Waals surface area contributed by atoms with Crippen molar-refractivity contribution in [3.63, 3.8) is 0 Å². The third-order valence-electron chi connectivity index (χ3n) is 2.59. The quantitative estimate of drug-likeness (QED) is 0.857. The minimum absolute atomic E-state index is 0.680. The molecule has 19 heavy (non-hydrogen) atoms. The second-order valence-electron chi connectivity index (χ2n) is 4.09. The van der Waals surface area contributed by atoms with Crippen LogP contribution in [0.1, 0.15) is 13.3 Å².